The molecule has 0 saturated carbocycles. The molecule has 0 spiro atoms. The highest BCUT2D eigenvalue weighted by atomic mass is 32.2. The Morgan fingerprint density at radius 3 is 2.50 bits per heavy atom. The lowest BCUT2D eigenvalue weighted by Crippen LogP contribution is -2.66. The molecule has 0 aromatic rings. The van der Waals surface area contributed by atoms with Gasteiger partial charge in [0, 0.05) is 0 Å². The Kier molecular flexibility index (Phi) is 3.41. The highest BCUT2D eigenvalue weighted by molar-refractivity contribution is 7.92. The first kappa shape index (κ1) is 13.1. The van der Waals surface area contributed by atoms with Crippen LogP contribution in [0.2, 0.25) is 0 Å². The van der Waals surface area contributed by atoms with Gasteiger partial charge in [0.05, 0.1) is 12.3 Å². The summed E-state index contributed by atoms with van der Waals surface area (Å²) in [6, 6.07) is 0. The Morgan fingerprint density at radius 1 is 1.62 bits per heavy atom. The largest absolute Gasteiger partial charge is 0.311 e. The SMILES string of the molecule is C=CCS(=O)(=O)C1(N(C)C)NC(=O)CN1C. The van der Waals surface area contributed by atoms with Gasteiger partial charge in [0.15, 0.2) is 0 Å². The summed E-state index contributed by atoms with van der Waals surface area (Å²) >= 11 is 0. The number of likely N-dealkylation sites (N-methyl/N-ethyl adjacent to an activating group) is 1. The normalized spacial score (nSPS) is 27.1. The maximum Gasteiger partial charge on any atom is 0.257 e. The molecular weight excluding hydrogens is 230 g/mol. The number of carbonyl (C=O) groups excluding carboxylic acids is 1. The zero-order valence-corrected chi connectivity index (χ0v) is 10.5. The molecule has 1 atom stereocenters. The van der Waals surface area contributed by atoms with Gasteiger partial charge in [-0.05, 0) is 21.1 Å². The van der Waals surface area contributed by atoms with Crippen molar-refractivity contribution in [2.75, 3.05) is 33.4 Å². The van der Waals surface area contributed by atoms with Crippen LogP contribution in [-0.2, 0) is 14.6 Å². The summed E-state index contributed by atoms with van der Waals surface area (Å²) in [5.74, 6) is -0.487. The van der Waals surface area contributed by atoms with Crippen molar-refractivity contribution in [1.29, 1.82) is 0 Å². The van der Waals surface area contributed by atoms with E-state index in [1.165, 1.54) is 15.9 Å². The number of nitrogens with one attached hydrogen (secondary N) is 1. The second-order valence-corrected chi connectivity index (χ2v) is 6.11. The fourth-order valence-corrected chi connectivity index (χ4v) is 3.86. The Balaban J connectivity index is 3.28. The van der Waals surface area contributed by atoms with Crippen molar-refractivity contribution < 1.29 is 13.2 Å². The van der Waals surface area contributed by atoms with Gasteiger partial charge in [-0.25, -0.2) is 13.3 Å². The number of sulfone groups is 1. The van der Waals surface area contributed by atoms with Gasteiger partial charge in [-0.3, -0.25) is 9.69 Å². The smallest absolute Gasteiger partial charge is 0.257 e. The molecule has 0 bridgehead atoms. The number of rotatable bonds is 4. The molecule has 1 aliphatic heterocycles. The van der Waals surface area contributed by atoms with Gasteiger partial charge < -0.3 is 5.32 Å². The van der Waals surface area contributed by atoms with E-state index in [0.717, 1.165) is 0 Å². The van der Waals surface area contributed by atoms with E-state index in [2.05, 4.69) is 11.9 Å². The molecule has 0 aliphatic carbocycles. The molecule has 7 heteroatoms. The number of nitrogens with zero attached hydrogens (tertiary/aromatic N) is 2. The molecule has 1 heterocycles. The van der Waals surface area contributed by atoms with E-state index in [0.29, 0.717) is 0 Å². The van der Waals surface area contributed by atoms with Gasteiger partial charge in [-0.15, -0.1) is 6.58 Å². The molecule has 1 fully saturated rings. The van der Waals surface area contributed by atoms with Gasteiger partial charge in [0.2, 0.25) is 15.7 Å². The first-order valence-electron chi connectivity index (χ1n) is 4.81. The first-order chi connectivity index (χ1) is 7.28. The van der Waals surface area contributed by atoms with Crippen molar-refractivity contribution in [2.24, 2.45) is 0 Å². The fraction of sp³-hybridized carbons (Fsp3) is 0.667. The van der Waals surface area contributed by atoms with Crippen LogP contribution in [0, 0.1) is 0 Å². The van der Waals surface area contributed by atoms with E-state index in [9.17, 15) is 13.2 Å². The summed E-state index contributed by atoms with van der Waals surface area (Å²) in [6.45, 7) is 3.49. The Bertz CT molecular complexity index is 404. The minimum absolute atomic E-state index is 0.0640. The highest BCUT2D eigenvalue weighted by Gasteiger charge is 2.54. The van der Waals surface area contributed by atoms with Gasteiger partial charge in [0.1, 0.15) is 0 Å². The molecule has 6 nitrogen and oxygen atoms in total. The standard InChI is InChI=1S/C9H17N3O3S/c1-5-6-16(14,15)9(11(2)3)10-8(13)7-12(9)4/h5H,1,6-7H2,2-4H3,(H,10,13). The number of amides is 1. The van der Waals surface area contributed by atoms with Gasteiger partial charge in [-0.2, -0.15) is 0 Å². The second kappa shape index (κ2) is 4.15. The second-order valence-electron chi connectivity index (χ2n) is 3.98. The van der Waals surface area contributed by atoms with Crippen LogP contribution in [0.15, 0.2) is 12.7 Å². The maximum absolute atomic E-state index is 12.2. The van der Waals surface area contributed by atoms with Crippen LogP contribution >= 0.6 is 0 Å². The van der Waals surface area contributed by atoms with Gasteiger partial charge in [-0.1, -0.05) is 6.08 Å². The van der Waals surface area contributed by atoms with Crippen LogP contribution in [0.3, 0.4) is 0 Å². The summed E-state index contributed by atoms with van der Waals surface area (Å²) in [5, 5.41) is 1.06. The molecule has 16 heavy (non-hydrogen) atoms. The number of carbonyl (C=O) groups is 1. The molecule has 92 valence electrons. The Morgan fingerprint density at radius 2 is 2.19 bits per heavy atom. The lowest BCUT2D eigenvalue weighted by atomic mass is 10.6. The minimum atomic E-state index is -3.55. The monoisotopic (exact) mass is 247 g/mol. The average molecular weight is 247 g/mol. The molecule has 1 rings (SSSR count). The zero-order valence-electron chi connectivity index (χ0n) is 9.73. The van der Waals surface area contributed by atoms with E-state index in [4.69, 9.17) is 0 Å². The van der Waals surface area contributed by atoms with E-state index in [1.807, 2.05) is 0 Å². The van der Waals surface area contributed by atoms with Crippen molar-refractivity contribution in [1.82, 2.24) is 15.1 Å². The summed E-state index contributed by atoms with van der Waals surface area (Å²) in [4.78, 5) is 14.3. The molecular formula is C9H17N3O3S. The maximum atomic E-state index is 12.2. The van der Waals surface area contributed by atoms with E-state index in [1.54, 1.807) is 21.1 Å². The lowest BCUT2D eigenvalue weighted by molar-refractivity contribution is -0.119. The van der Waals surface area contributed by atoms with Crippen LogP contribution in [0.25, 0.3) is 0 Å². The molecule has 1 aliphatic rings. The molecule has 0 radical (unpaired) electrons. The van der Waals surface area contributed by atoms with Crippen molar-refractivity contribution in [3.63, 3.8) is 0 Å². The third-order valence-electron chi connectivity index (χ3n) is 2.58. The van der Waals surface area contributed by atoms with Crippen LogP contribution < -0.4 is 5.32 Å². The topological polar surface area (TPSA) is 69.7 Å². The summed E-state index contributed by atoms with van der Waals surface area (Å²) in [7, 11) is 1.27. The summed E-state index contributed by atoms with van der Waals surface area (Å²) in [5.41, 5.74) is 0. The Hall–Kier alpha value is -0.920. The molecule has 1 amide bonds. The molecule has 0 aromatic heterocycles. The highest BCUT2D eigenvalue weighted by Crippen LogP contribution is 2.25. The van der Waals surface area contributed by atoms with Gasteiger partial charge in [0.25, 0.3) is 5.12 Å². The van der Waals surface area contributed by atoms with E-state index < -0.39 is 15.0 Å². The van der Waals surface area contributed by atoms with Crippen LogP contribution in [-0.4, -0.2) is 62.7 Å². The third kappa shape index (κ3) is 1.74. The van der Waals surface area contributed by atoms with E-state index >= 15 is 0 Å². The van der Waals surface area contributed by atoms with Crippen LogP contribution in [0.1, 0.15) is 0 Å². The minimum Gasteiger partial charge on any atom is -0.311 e. The van der Waals surface area contributed by atoms with Crippen molar-refractivity contribution in [3.8, 4) is 0 Å². The lowest BCUT2D eigenvalue weighted by Gasteiger charge is -2.39. The predicted octanol–water partition coefficient (Wildman–Crippen LogP) is -1.18. The quantitative estimate of drug-likeness (QED) is 0.633. The molecule has 1 saturated heterocycles. The van der Waals surface area contributed by atoms with Crippen LogP contribution in [0.4, 0.5) is 0 Å². The van der Waals surface area contributed by atoms with E-state index in [-0.39, 0.29) is 18.2 Å². The third-order valence-corrected chi connectivity index (χ3v) is 4.90. The first-order valence-corrected chi connectivity index (χ1v) is 6.46. The predicted molar refractivity (Wildman–Crippen MR) is 61.2 cm³/mol. The van der Waals surface area contributed by atoms with Gasteiger partial charge >= 0.3 is 0 Å². The van der Waals surface area contributed by atoms with Crippen molar-refractivity contribution >= 4 is 15.7 Å². The zero-order chi connectivity index (χ0) is 12.6. The average Bonchev–Trinajstić information content (AvgIpc) is 2.42. The fourth-order valence-electron chi connectivity index (χ4n) is 1.96. The number of hydrogen-bond acceptors (Lipinski definition) is 5. The molecule has 1 N–H and O–H groups in total. The molecule has 1 unspecified atom stereocenters. The van der Waals surface area contributed by atoms with Crippen LogP contribution in [0.5, 0.6) is 0 Å². The molecule has 0 aromatic carbocycles. The van der Waals surface area contributed by atoms with Crippen molar-refractivity contribution in [3.05, 3.63) is 12.7 Å². The summed E-state index contributed by atoms with van der Waals surface area (Å²) < 4.78 is 24.4. The number of hydrogen-bond donors (Lipinski definition) is 1. The van der Waals surface area contributed by atoms with Crippen molar-refractivity contribution in [2.45, 2.75) is 5.12 Å². The summed E-state index contributed by atoms with van der Waals surface area (Å²) in [6.07, 6.45) is 1.32. The Labute approximate surface area is 95.8 Å².